The van der Waals surface area contributed by atoms with Crippen LogP contribution in [-0.2, 0) is 26.1 Å². The third-order valence-corrected chi connectivity index (χ3v) is 4.88. The van der Waals surface area contributed by atoms with Crippen LogP contribution in [0.1, 0.15) is 24.5 Å². The fourth-order valence-electron chi connectivity index (χ4n) is 2.38. The van der Waals surface area contributed by atoms with E-state index in [0.29, 0.717) is 11.3 Å². The SMILES string of the molecule is CC(N)CC(=O)Nc1cccc(CS(=O)(=O)Cc2ccccc2)c1.Cl. The molecule has 7 heteroatoms. The molecule has 0 radical (unpaired) electrons. The van der Waals surface area contributed by atoms with Crippen molar-refractivity contribution < 1.29 is 13.2 Å². The van der Waals surface area contributed by atoms with Gasteiger partial charge in [-0.25, -0.2) is 8.42 Å². The zero-order chi connectivity index (χ0) is 17.6. The van der Waals surface area contributed by atoms with Crippen molar-refractivity contribution in [2.75, 3.05) is 5.32 Å². The third kappa shape index (κ3) is 7.69. The molecule has 3 N–H and O–H groups in total. The zero-order valence-electron chi connectivity index (χ0n) is 14.0. The van der Waals surface area contributed by atoms with Crippen LogP contribution in [0.25, 0.3) is 0 Å². The Morgan fingerprint density at radius 3 is 2.28 bits per heavy atom. The Balaban J connectivity index is 0.00000312. The average Bonchev–Trinajstić information content (AvgIpc) is 2.46. The quantitative estimate of drug-likeness (QED) is 0.770. The molecule has 0 aromatic heterocycles. The van der Waals surface area contributed by atoms with Crippen molar-refractivity contribution >= 4 is 33.8 Å². The highest BCUT2D eigenvalue weighted by molar-refractivity contribution is 7.89. The molecule has 0 heterocycles. The molecular weight excluding hydrogens is 360 g/mol. The highest BCUT2D eigenvalue weighted by Crippen LogP contribution is 2.16. The van der Waals surface area contributed by atoms with E-state index in [1.54, 1.807) is 43.3 Å². The van der Waals surface area contributed by atoms with E-state index in [2.05, 4.69) is 5.32 Å². The predicted molar refractivity (Wildman–Crippen MR) is 103 cm³/mol. The summed E-state index contributed by atoms with van der Waals surface area (Å²) in [5.74, 6) is -0.261. The molecule has 0 aliphatic carbocycles. The molecule has 136 valence electrons. The number of anilines is 1. The Bertz CT molecular complexity index is 793. The van der Waals surface area contributed by atoms with Crippen molar-refractivity contribution in [3.8, 4) is 0 Å². The third-order valence-electron chi connectivity index (χ3n) is 3.33. The fraction of sp³-hybridized carbons (Fsp3) is 0.278. The maximum absolute atomic E-state index is 12.3. The number of amides is 1. The van der Waals surface area contributed by atoms with Gasteiger partial charge in [0.05, 0.1) is 11.5 Å². The van der Waals surface area contributed by atoms with Crippen molar-refractivity contribution in [2.24, 2.45) is 5.73 Å². The van der Waals surface area contributed by atoms with E-state index >= 15 is 0 Å². The Morgan fingerprint density at radius 1 is 1.04 bits per heavy atom. The Kier molecular flexibility index (Phi) is 8.09. The van der Waals surface area contributed by atoms with Crippen molar-refractivity contribution in [3.05, 3.63) is 65.7 Å². The van der Waals surface area contributed by atoms with Gasteiger partial charge in [-0.2, -0.15) is 0 Å². The molecule has 2 aromatic rings. The van der Waals surface area contributed by atoms with E-state index in [1.807, 2.05) is 18.2 Å². The minimum atomic E-state index is -3.28. The smallest absolute Gasteiger partial charge is 0.225 e. The van der Waals surface area contributed by atoms with Crippen LogP contribution in [0.2, 0.25) is 0 Å². The molecule has 0 spiro atoms. The maximum atomic E-state index is 12.3. The maximum Gasteiger partial charge on any atom is 0.225 e. The summed E-state index contributed by atoms with van der Waals surface area (Å²) in [6, 6.07) is 15.7. The number of benzene rings is 2. The Hall–Kier alpha value is -1.89. The fourth-order valence-corrected chi connectivity index (χ4v) is 3.87. The van der Waals surface area contributed by atoms with E-state index in [9.17, 15) is 13.2 Å². The molecule has 1 amide bonds. The standard InChI is InChI=1S/C18H22N2O3S.ClH/c1-14(19)10-18(21)20-17-9-5-8-16(11-17)13-24(22,23)12-15-6-3-2-4-7-15;/h2-9,11,14H,10,12-13,19H2,1H3,(H,20,21);1H. The first-order valence-electron chi connectivity index (χ1n) is 7.73. The summed E-state index contributed by atoms with van der Waals surface area (Å²) < 4.78 is 24.7. The van der Waals surface area contributed by atoms with E-state index in [0.717, 1.165) is 5.56 Å². The predicted octanol–water partition coefficient (Wildman–Crippen LogP) is 2.90. The highest BCUT2D eigenvalue weighted by atomic mass is 35.5. The van der Waals surface area contributed by atoms with Gasteiger partial charge in [0.25, 0.3) is 0 Å². The van der Waals surface area contributed by atoms with Gasteiger partial charge < -0.3 is 11.1 Å². The van der Waals surface area contributed by atoms with E-state index < -0.39 is 9.84 Å². The van der Waals surface area contributed by atoms with Gasteiger partial charge >= 0.3 is 0 Å². The zero-order valence-corrected chi connectivity index (χ0v) is 15.6. The van der Waals surface area contributed by atoms with Crippen LogP contribution in [-0.4, -0.2) is 20.4 Å². The molecule has 0 fully saturated rings. The molecule has 0 saturated heterocycles. The number of nitrogens with two attached hydrogens (primary N) is 1. The molecule has 25 heavy (non-hydrogen) atoms. The summed E-state index contributed by atoms with van der Waals surface area (Å²) in [4.78, 5) is 11.8. The van der Waals surface area contributed by atoms with Gasteiger partial charge in [-0.1, -0.05) is 42.5 Å². The number of sulfone groups is 1. The molecule has 0 bridgehead atoms. The normalized spacial score (nSPS) is 12.1. The van der Waals surface area contributed by atoms with Gasteiger partial charge in [-0.05, 0) is 30.2 Å². The van der Waals surface area contributed by atoms with Crippen LogP contribution in [0.4, 0.5) is 5.69 Å². The van der Waals surface area contributed by atoms with E-state index in [-0.39, 0.29) is 42.3 Å². The number of carbonyl (C=O) groups is 1. The molecule has 0 aliphatic rings. The molecule has 1 atom stereocenters. The monoisotopic (exact) mass is 382 g/mol. The summed E-state index contributed by atoms with van der Waals surface area (Å²) in [5, 5.41) is 2.74. The topological polar surface area (TPSA) is 89.3 Å². The van der Waals surface area contributed by atoms with Gasteiger partial charge in [-0.15, -0.1) is 12.4 Å². The second kappa shape index (κ2) is 9.56. The van der Waals surface area contributed by atoms with Crippen molar-refractivity contribution in [1.29, 1.82) is 0 Å². The number of nitrogens with one attached hydrogen (secondary N) is 1. The molecule has 0 aliphatic heterocycles. The first-order valence-corrected chi connectivity index (χ1v) is 9.55. The number of carbonyl (C=O) groups excluding carboxylic acids is 1. The molecule has 5 nitrogen and oxygen atoms in total. The van der Waals surface area contributed by atoms with Crippen LogP contribution in [0.5, 0.6) is 0 Å². The molecule has 1 unspecified atom stereocenters. The number of hydrogen-bond donors (Lipinski definition) is 2. The molecule has 0 saturated carbocycles. The number of halogens is 1. The van der Waals surface area contributed by atoms with Gasteiger partial charge in [0.1, 0.15) is 0 Å². The second-order valence-electron chi connectivity index (χ2n) is 5.95. The van der Waals surface area contributed by atoms with Gasteiger partial charge in [0, 0.05) is 18.2 Å². The lowest BCUT2D eigenvalue weighted by Gasteiger charge is -2.09. The molecular formula is C18H23ClN2O3S. The number of hydrogen-bond acceptors (Lipinski definition) is 4. The lowest BCUT2D eigenvalue weighted by Crippen LogP contribution is -2.24. The van der Waals surface area contributed by atoms with Crippen molar-refractivity contribution in [3.63, 3.8) is 0 Å². The highest BCUT2D eigenvalue weighted by Gasteiger charge is 2.14. The number of rotatable bonds is 7. The first kappa shape index (κ1) is 21.2. The molecule has 2 aromatic carbocycles. The Morgan fingerprint density at radius 2 is 1.64 bits per heavy atom. The van der Waals surface area contributed by atoms with Crippen LogP contribution in [0.3, 0.4) is 0 Å². The van der Waals surface area contributed by atoms with Crippen LogP contribution in [0, 0.1) is 0 Å². The van der Waals surface area contributed by atoms with Gasteiger partial charge in [0.2, 0.25) is 5.91 Å². The van der Waals surface area contributed by atoms with Gasteiger partial charge in [0.15, 0.2) is 9.84 Å². The van der Waals surface area contributed by atoms with E-state index in [4.69, 9.17) is 5.73 Å². The van der Waals surface area contributed by atoms with Crippen LogP contribution >= 0.6 is 12.4 Å². The summed E-state index contributed by atoms with van der Waals surface area (Å²) in [6.07, 6.45) is 0.219. The summed E-state index contributed by atoms with van der Waals surface area (Å²) in [5.41, 5.74) is 7.58. The van der Waals surface area contributed by atoms with Crippen LogP contribution < -0.4 is 11.1 Å². The average molecular weight is 383 g/mol. The summed E-state index contributed by atoms with van der Waals surface area (Å²) in [7, 11) is -3.28. The minimum absolute atomic E-state index is 0. The van der Waals surface area contributed by atoms with Crippen molar-refractivity contribution in [2.45, 2.75) is 30.9 Å². The summed E-state index contributed by atoms with van der Waals surface area (Å²) >= 11 is 0. The van der Waals surface area contributed by atoms with Crippen molar-refractivity contribution in [1.82, 2.24) is 0 Å². The van der Waals surface area contributed by atoms with Crippen LogP contribution in [0.15, 0.2) is 54.6 Å². The largest absolute Gasteiger partial charge is 0.327 e. The lowest BCUT2D eigenvalue weighted by atomic mass is 10.2. The summed E-state index contributed by atoms with van der Waals surface area (Å²) in [6.45, 7) is 1.76. The van der Waals surface area contributed by atoms with E-state index in [1.165, 1.54) is 0 Å². The second-order valence-corrected chi connectivity index (χ2v) is 8.01. The van der Waals surface area contributed by atoms with Gasteiger partial charge in [-0.3, -0.25) is 4.79 Å². The minimum Gasteiger partial charge on any atom is -0.327 e. The molecule has 2 rings (SSSR count). The Labute approximate surface area is 155 Å². The lowest BCUT2D eigenvalue weighted by molar-refractivity contribution is -0.116. The first-order chi connectivity index (χ1) is 11.3.